The molecule has 1 aliphatic heterocycles. The molecule has 18 heavy (non-hydrogen) atoms. The molecule has 1 aromatic carbocycles. The van der Waals surface area contributed by atoms with Gasteiger partial charge in [-0.1, -0.05) is 0 Å². The molecule has 1 aliphatic rings. The Hall–Kier alpha value is -1.34. The molecule has 1 N–H and O–H groups in total. The first-order valence-electron chi connectivity index (χ1n) is 5.17. The summed E-state index contributed by atoms with van der Waals surface area (Å²) in [5.41, 5.74) is 0.863. The van der Waals surface area contributed by atoms with Crippen molar-refractivity contribution >= 4 is 39.0 Å². The smallest absolute Gasteiger partial charge is 0.296 e. The molecule has 0 atom stereocenters. The number of Topliss-reactive ketones (excluding diaryl/α,β-unsaturated/α-hetero) is 1. The number of carbonyl (C=O) groups is 2. The molecular weight excluding hydrogens is 274 g/mol. The number of carbonyl (C=O) groups excluding carboxylic acids is 2. The number of ketones is 1. The molecule has 0 aliphatic carbocycles. The summed E-state index contributed by atoms with van der Waals surface area (Å²) in [4.78, 5) is 23.3. The first kappa shape index (κ1) is 13.1. The number of hydrogen-bond donors (Lipinski definition) is 1. The highest BCUT2D eigenvalue weighted by Crippen LogP contribution is 2.28. The summed E-state index contributed by atoms with van der Waals surface area (Å²) in [5.74, 6) is -0.611. The van der Waals surface area contributed by atoms with Gasteiger partial charge in [0.05, 0.1) is 17.0 Å². The van der Waals surface area contributed by atoms with Crippen LogP contribution in [-0.4, -0.2) is 37.9 Å². The fraction of sp³-hybridized carbons (Fsp3) is 0.273. The minimum absolute atomic E-state index is 0.0973. The van der Waals surface area contributed by atoms with E-state index in [1.54, 1.807) is 18.2 Å². The first-order chi connectivity index (χ1) is 8.37. The second kappa shape index (κ2) is 4.74. The third-order valence-electron chi connectivity index (χ3n) is 2.41. The Morgan fingerprint density at radius 1 is 1.28 bits per heavy atom. The van der Waals surface area contributed by atoms with E-state index >= 15 is 0 Å². The van der Waals surface area contributed by atoms with Crippen molar-refractivity contribution in [2.24, 2.45) is 0 Å². The highest BCUT2D eigenvalue weighted by atomic mass is 32.2. The quantitative estimate of drug-likeness (QED) is 0.658. The van der Waals surface area contributed by atoms with Crippen LogP contribution in [0.5, 0.6) is 0 Å². The number of anilines is 1. The Morgan fingerprint density at radius 3 is 2.67 bits per heavy atom. The van der Waals surface area contributed by atoms with E-state index in [2.05, 4.69) is 5.32 Å². The second-order valence-corrected chi connectivity index (χ2v) is 7.40. The van der Waals surface area contributed by atoms with E-state index in [9.17, 15) is 18.0 Å². The molecule has 0 fully saturated rings. The monoisotopic (exact) mass is 285 g/mol. The maximum atomic E-state index is 11.4. The summed E-state index contributed by atoms with van der Waals surface area (Å²) in [6.07, 6.45) is 1.19. The van der Waals surface area contributed by atoms with E-state index in [4.69, 9.17) is 0 Å². The van der Waals surface area contributed by atoms with Gasteiger partial charge in [-0.3, -0.25) is 9.59 Å². The van der Waals surface area contributed by atoms with Crippen molar-refractivity contribution in [2.45, 2.75) is 4.90 Å². The zero-order chi connectivity index (χ0) is 13.3. The van der Waals surface area contributed by atoms with Crippen LogP contribution in [0.1, 0.15) is 10.4 Å². The molecule has 0 spiro atoms. The normalized spacial score (nSPS) is 14.5. The molecule has 7 heteroatoms. The molecule has 0 aromatic heterocycles. The van der Waals surface area contributed by atoms with Gasteiger partial charge in [-0.05, 0) is 18.2 Å². The molecule has 1 amide bonds. The summed E-state index contributed by atoms with van der Waals surface area (Å²) in [6, 6.07) is 4.98. The van der Waals surface area contributed by atoms with Crippen LogP contribution in [0.15, 0.2) is 23.1 Å². The summed E-state index contributed by atoms with van der Waals surface area (Å²) < 4.78 is 22.0. The fourth-order valence-electron chi connectivity index (χ4n) is 1.53. The summed E-state index contributed by atoms with van der Waals surface area (Å²) in [5, 5.41) is 2.47. The SMILES string of the molecule is CS(=O)(=O)CCSc1ccc2c(c1)NC(=O)C2=O. The van der Waals surface area contributed by atoms with Gasteiger partial charge in [-0.2, -0.15) is 0 Å². The third-order valence-corrected chi connectivity index (χ3v) is 4.61. The number of thioether (sulfide) groups is 1. The van der Waals surface area contributed by atoms with Crippen LogP contribution >= 0.6 is 11.8 Å². The van der Waals surface area contributed by atoms with Crippen molar-refractivity contribution in [3.8, 4) is 0 Å². The van der Waals surface area contributed by atoms with E-state index in [1.807, 2.05) is 0 Å². The van der Waals surface area contributed by atoms with Crippen molar-refractivity contribution < 1.29 is 18.0 Å². The number of amides is 1. The van der Waals surface area contributed by atoms with E-state index in [0.29, 0.717) is 17.0 Å². The lowest BCUT2D eigenvalue weighted by atomic mass is 10.1. The summed E-state index contributed by atoms with van der Waals surface area (Å²) >= 11 is 1.37. The lowest BCUT2D eigenvalue weighted by Gasteiger charge is -2.03. The maximum Gasteiger partial charge on any atom is 0.296 e. The number of benzene rings is 1. The van der Waals surface area contributed by atoms with Crippen molar-refractivity contribution in [1.82, 2.24) is 0 Å². The molecule has 0 saturated heterocycles. The first-order valence-corrected chi connectivity index (χ1v) is 8.22. The Kier molecular flexibility index (Phi) is 3.45. The minimum atomic E-state index is -2.97. The number of rotatable bonds is 4. The largest absolute Gasteiger partial charge is 0.318 e. The highest BCUT2D eigenvalue weighted by Gasteiger charge is 2.27. The van der Waals surface area contributed by atoms with Gasteiger partial charge in [0.1, 0.15) is 9.84 Å². The topological polar surface area (TPSA) is 80.3 Å². The average Bonchev–Trinajstić information content (AvgIpc) is 2.53. The molecule has 0 saturated carbocycles. The minimum Gasteiger partial charge on any atom is -0.318 e. The average molecular weight is 285 g/mol. The predicted octanol–water partition coefficient (Wildman–Crippen LogP) is 0.958. The van der Waals surface area contributed by atoms with E-state index in [-0.39, 0.29) is 5.75 Å². The van der Waals surface area contributed by atoms with Crippen molar-refractivity contribution in [2.75, 3.05) is 23.1 Å². The van der Waals surface area contributed by atoms with Crippen LogP contribution in [0.25, 0.3) is 0 Å². The zero-order valence-corrected chi connectivity index (χ0v) is 11.2. The van der Waals surface area contributed by atoms with Gasteiger partial charge in [0.2, 0.25) is 0 Å². The number of sulfone groups is 1. The van der Waals surface area contributed by atoms with E-state index < -0.39 is 21.5 Å². The zero-order valence-electron chi connectivity index (χ0n) is 9.60. The van der Waals surface area contributed by atoms with Gasteiger partial charge >= 0.3 is 0 Å². The molecule has 2 rings (SSSR count). The Labute approximate surface area is 109 Å². The number of hydrogen-bond acceptors (Lipinski definition) is 5. The second-order valence-electron chi connectivity index (χ2n) is 3.97. The molecule has 96 valence electrons. The van der Waals surface area contributed by atoms with Gasteiger partial charge in [0.15, 0.2) is 0 Å². The summed E-state index contributed by atoms with van der Waals surface area (Å²) in [6.45, 7) is 0. The van der Waals surface area contributed by atoms with Crippen LogP contribution in [-0.2, 0) is 14.6 Å². The molecular formula is C11H11NO4S2. The van der Waals surface area contributed by atoms with Gasteiger partial charge < -0.3 is 5.32 Å². The van der Waals surface area contributed by atoms with Crippen LogP contribution in [0.4, 0.5) is 5.69 Å². The molecule has 0 radical (unpaired) electrons. The van der Waals surface area contributed by atoms with E-state index in [0.717, 1.165) is 4.90 Å². The van der Waals surface area contributed by atoms with Crippen LogP contribution in [0, 0.1) is 0 Å². The molecule has 1 heterocycles. The lowest BCUT2D eigenvalue weighted by molar-refractivity contribution is -0.112. The third kappa shape index (κ3) is 2.91. The molecule has 0 bridgehead atoms. The number of nitrogens with one attached hydrogen (secondary N) is 1. The van der Waals surface area contributed by atoms with Gasteiger partial charge in [-0.25, -0.2) is 8.42 Å². The fourth-order valence-corrected chi connectivity index (χ4v) is 3.67. The van der Waals surface area contributed by atoms with Gasteiger partial charge in [-0.15, -0.1) is 11.8 Å². The number of fused-ring (bicyclic) bond motifs is 1. The Balaban J connectivity index is 2.07. The lowest BCUT2D eigenvalue weighted by Crippen LogP contribution is -2.12. The highest BCUT2D eigenvalue weighted by molar-refractivity contribution is 8.00. The van der Waals surface area contributed by atoms with Crippen molar-refractivity contribution in [3.05, 3.63) is 23.8 Å². The summed E-state index contributed by atoms with van der Waals surface area (Å²) in [7, 11) is -2.97. The maximum absolute atomic E-state index is 11.4. The molecule has 1 aromatic rings. The molecule has 0 unspecified atom stereocenters. The van der Waals surface area contributed by atoms with Crippen LogP contribution < -0.4 is 5.32 Å². The van der Waals surface area contributed by atoms with Crippen LogP contribution in [0.2, 0.25) is 0 Å². The standard InChI is InChI=1S/C11H11NO4S2/c1-18(15,16)5-4-17-7-2-3-8-9(6-7)12-11(14)10(8)13/h2-3,6H,4-5H2,1H3,(H,12,13,14). The van der Waals surface area contributed by atoms with Gasteiger partial charge in [0, 0.05) is 16.9 Å². The van der Waals surface area contributed by atoms with Crippen LogP contribution in [0.3, 0.4) is 0 Å². The van der Waals surface area contributed by atoms with Crippen molar-refractivity contribution in [3.63, 3.8) is 0 Å². The van der Waals surface area contributed by atoms with Gasteiger partial charge in [0.25, 0.3) is 11.7 Å². The predicted molar refractivity (Wildman–Crippen MR) is 69.8 cm³/mol. The van der Waals surface area contributed by atoms with E-state index in [1.165, 1.54) is 18.0 Å². The Bertz CT molecular complexity index is 622. The molecule has 5 nitrogen and oxygen atoms in total. The van der Waals surface area contributed by atoms with Crippen molar-refractivity contribution in [1.29, 1.82) is 0 Å². The Morgan fingerprint density at radius 2 is 2.00 bits per heavy atom.